The van der Waals surface area contributed by atoms with Crippen molar-refractivity contribution in [2.24, 2.45) is 0 Å². The highest BCUT2D eigenvalue weighted by atomic mass is 16.2. The Balaban J connectivity index is 1.36. The Labute approximate surface area is 143 Å². The van der Waals surface area contributed by atoms with Gasteiger partial charge in [0, 0.05) is 32.2 Å². The molecule has 0 radical (unpaired) electrons. The minimum absolute atomic E-state index is 0.0420. The predicted molar refractivity (Wildman–Crippen MR) is 91.4 cm³/mol. The number of carbonyl (C=O) groups excluding carboxylic acids is 2. The fourth-order valence-electron chi connectivity index (χ4n) is 4.39. The average molecular weight is 327 g/mol. The number of fused-ring (bicyclic) bond motifs is 1. The molecule has 0 spiro atoms. The number of likely N-dealkylation sites (tertiary alicyclic amines) is 1. The van der Waals surface area contributed by atoms with E-state index in [9.17, 15) is 9.59 Å². The van der Waals surface area contributed by atoms with Crippen molar-refractivity contribution in [1.29, 1.82) is 0 Å². The van der Waals surface area contributed by atoms with Crippen LogP contribution in [0.15, 0.2) is 24.3 Å². The lowest BCUT2D eigenvalue weighted by Crippen LogP contribution is -2.48. The molecule has 1 atom stereocenters. The molecule has 3 aliphatic heterocycles. The smallest absolute Gasteiger partial charge is 0.312 e. The van der Waals surface area contributed by atoms with Crippen molar-refractivity contribution in [2.45, 2.75) is 51.2 Å². The van der Waals surface area contributed by atoms with Gasteiger partial charge in [-0.25, -0.2) is 4.79 Å². The Kier molecular flexibility index (Phi) is 4.04. The van der Waals surface area contributed by atoms with Crippen molar-refractivity contribution >= 4 is 11.9 Å². The molecule has 128 valence electrons. The van der Waals surface area contributed by atoms with E-state index in [1.807, 2.05) is 0 Å². The maximum absolute atomic E-state index is 12.6. The molecular weight excluding hydrogens is 302 g/mol. The lowest BCUT2D eigenvalue weighted by molar-refractivity contribution is -0.130. The molecule has 1 aromatic rings. The van der Waals surface area contributed by atoms with Crippen LogP contribution in [0.25, 0.3) is 0 Å². The molecule has 1 aromatic carbocycles. The van der Waals surface area contributed by atoms with Gasteiger partial charge in [-0.05, 0) is 38.2 Å². The molecule has 0 aromatic heterocycles. The predicted octanol–water partition coefficient (Wildman–Crippen LogP) is 2.39. The first-order valence-corrected chi connectivity index (χ1v) is 9.05. The number of imide groups is 1. The third-order valence-corrected chi connectivity index (χ3v) is 5.64. The van der Waals surface area contributed by atoms with Crippen LogP contribution in [0, 0.1) is 6.92 Å². The van der Waals surface area contributed by atoms with Crippen LogP contribution < -0.4 is 0 Å². The lowest BCUT2D eigenvalue weighted by atomic mass is 10.0. The Morgan fingerprint density at radius 1 is 1.08 bits per heavy atom. The quantitative estimate of drug-likeness (QED) is 0.801. The Hall–Kier alpha value is -1.88. The molecule has 5 nitrogen and oxygen atoms in total. The topological polar surface area (TPSA) is 43.9 Å². The number of hydrogen-bond acceptors (Lipinski definition) is 3. The second kappa shape index (κ2) is 6.20. The standard InChI is InChI=1S/C19H25N3O2/c1-14-4-2-5-15(12-14)13-20-10-7-16(8-11-20)22-18(23)17-6-3-9-21(17)19(22)24/h2,4-5,12,16-17H,3,6-11,13H2,1H3/t17-/m1/s1. The minimum Gasteiger partial charge on any atom is -0.312 e. The zero-order valence-electron chi connectivity index (χ0n) is 14.3. The van der Waals surface area contributed by atoms with Gasteiger partial charge in [0.1, 0.15) is 6.04 Å². The number of urea groups is 1. The van der Waals surface area contributed by atoms with E-state index in [4.69, 9.17) is 0 Å². The van der Waals surface area contributed by atoms with E-state index in [2.05, 4.69) is 36.1 Å². The third kappa shape index (κ3) is 2.71. The summed E-state index contributed by atoms with van der Waals surface area (Å²) in [6, 6.07) is 8.50. The number of amides is 3. The summed E-state index contributed by atoms with van der Waals surface area (Å²) in [6.07, 6.45) is 3.59. The molecule has 4 rings (SSSR count). The van der Waals surface area contributed by atoms with Crippen LogP contribution in [-0.2, 0) is 11.3 Å². The molecule has 3 fully saturated rings. The van der Waals surface area contributed by atoms with Crippen molar-refractivity contribution in [3.8, 4) is 0 Å². The van der Waals surface area contributed by atoms with E-state index < -0.39 is 0 Å². The summed E-state index contributed by atoms with van der Waals surface area (Å²) in [5, 5.41) is 0. The van der Waals surface area contributed by atoms with Gasteiger partial charge in [-0.3, -0.25) is 14.6 Å². The maximum Gasteiger partial charge on any atom is 0.327 e. The highest BCUT2D eigenvalue weighted by molar-refractivity contribution is 6.04. The summed E-state index contributed by atoms with van der Waals surface area (Å²) >= 11 is 0. The van der Waals surface area contributed by atoms with Gasteiger partial charge in [0.15, 0.2) is 0 Å². The summed E-state index contributed by atoms with van der Waals surface area (Å²) in [7, 11) is 0. The van der Waals surface area contributed by atoms with Gasteiger partial charge in [-0.1, -0.05) is 29.8 Å². The first kappa shape index (κ1) is 15.6. The summed E-state index contributed by atoms with van der Waals surface area (Å²) < 4.78 is 0. The average Bonchev–Trinajstić information content (AvgIpc) is 3.13. The summed E-state index contributed by atoms with van der Waals surface area (Å²) in [5.41, 5.74) is 2.62. The molecule has 0 aliphatic carbocycles. The minimum atomic E-state index is -0.164. The van der Waals surface area contributed by atoms with Gasteiger partial charge in [0.05, 0.1) is 0 Å². The van der Waals surface area contributed by atoms with Crippen LogP contribution in [0.3, 0.4) is 0 Å². The van der Waals surface area contributed by atoms with Gasteiger partial charge in [0.25, 0.3) is 5.91 Å². The molecule has 0 unspecified atom stereocenters. The van der Waals surface area contributed by atoms with Crippen molar-refractivity contribution in [3.63, 3.8) is 0 Å². The first-order valence-electron chi connectivity index (χ1n) is 9.05. The van der Waals surface area contributed by atoms with Crippen molar-refractivity contribution < 1.29 is 9.59 Å². The molecule has 0 saturated carbocycles. The van der Waals surface area contributed by atoms with E-state index in [-0.39, 0.29) is 24.0 Å². The number of benzene rings is 1. The van der Waals surface area contributed by atoms with Gasteiger partial charge in [-0.2, -0.15) is 0 Å². The highest BCUT2D eigenvalue weighted by Gasteiger charge is 2.49. The van der Waals surface area contributed by atoms with Crippen LogP contribution in [-0.4, -0.2) is 58.4 Å². The second-order valence-corrected chi connectivity index (χ2v) is 7.34. The van der Waals surface area contributed by atoms with Crippen LogP contribution in [0.2, 0.25) is 0 Å². The number of piperidine rings is 1. The second-order valence-electron chi connectivity index (χ2n) is 7.34. The summed E-state index contributed by atoms with van der Waals surface area (Å²) in [6.45, 7) is 5.70. The fourth-order valence-corrected chi connectivity index (χ4v) is 4.39. The van der Waals surface area contributed by atoms with Crippen LogP contribution in [0.4, 0.5) is 4.79 Å². The number of carbonyl (C=O) groups is 2. The molecule has 24 heavy (non-hydrogen) atoms. The van der Waals surface area contributed by atoms with E-state index in [0.717, 1.165) is 51.9 Å². The van der Waals surface area contributed by atoms with Crippen molar-refractivity contribution in [1.82, 2.24) is 14.7 Å². The fraction of sp³-hybridized carbons (Fsp3) is 0.579. The zero-order chi connectivity index (χ0) is 16.7. The maximum atomic E-state index is 12.6. The Morgan fingerprint density at radius 2 is 1.88 bits per heavy atom. The molecule has 0 N–H and O–H groups in total. The highest BCUT2D eigenvalue weighted by Crippen LogP contribution is 2.31. The van der Waals surface area contributed by atoms with E-state index in [1.54, 1.807) is 9.80 Å². The number of hydrogen-bond donors (Lipinski definition) is 0. The number of rotatable bonds is 3. The SMILES string of the molecule is Cc1cccc(CN2CCC(N3C(=O)[C@H]4CCCN4C3=O)CC2)c1. The Morgan fingerprint density at radius 3 is 2.58 bits per heavy atom. The lowest BCUT2D eigenvalue weighted by Gasteiger charge is -2.35. The van der Waals surface area contributed by atoms with Gasteiger partial charge >= 0.3 is 6.03 Å². The summed E-state index contributed by atoms with van der Waals surface area (Å²) in [5.74, 6) is 0.0506. The van der Waals surface area contributed by atoms with Gasteiger partial charge < -0.3 is 4.90 Å². The molecule has 3 aliphatic rings. The van der Waals surface area contributed by atoms with Crippen LogP contribution in [0.5, 0.6) is 0 Å². The molecular formula is C19H25N3O2. The van der Waals surface area contributed by atoms with Crippen molar-refractivity contribution in [2.75, 3.05) is 19.6 Å². The van der Waals surface area contributed by atoms with E-state index in [1.165, 1.54) is 11.1 Å². The van der Waals surface area contributed by atoms with Gasteiger partial charge in [0.2, 0.25) is 0 Å². The first-order chi connectivity index (χ1) is 11.6. The monoisotopic (exact) mass is 327 g/mol. The van der Waals surface area contributed by atoms with E-state index >= 15 is 0 Å². The Bertz CT molecular complexity index is 630. The van der Waals surface area contributed by atoms with Crippen molar-refractivity contribution in [3.05, 3.63) is 35.4 Å². The molecule has 3 amide bonds. The van der Waals surface area contributed by atoms with Crippen LogP contribution in [0.1, 0.15) is 36.8 Å². The molecule has 3 saturated heterocycles. The van der Waals surface area contributed by atoms with Crippen LogP contribution >= 0.6 is 0 Å². The number of nitrogens with zero attached hydrogens (tertiary/aromatic N) is 3. The van der Waals surface area contributed by atoms with Gasteiger partial charge in [-0.15, -0.1) is 0 Å². The zero-order valence-corrected chi connectivity index (χ0v) is 14.3. The molecule has 5 heteroatoms. The number of aryl methyl sites for hydroxylation is 1. The molecule has 0 bridgehead atoms. The summed E-state index contributed by atoms with van der Waals surface area (Å²) in [4.78, 5) is 30.9. The van der Waals surface area contributed by atoms with E-state index in [0.29, 0.717) is 0 Å². The molecule has 3 heterocycles. The largest absolute Gasteiger partial charge is 0.327 e. The normalized spacial score (nSPS) is 25.6. The third-order valence-electron chi connectivity index (χ3n) is 5.64.